The number of hydrogen-bond acceptors (Lipinski definition) is 3. The van der Waals surface area contributed by atoms with Crippen LogP contribution in [0.5, 0.6) is 0 Å². The summed E-state index contributed by atoms with van der Waals surface area (Å²) in [7, 11) is 0. The highest BCUT2D eigenvalue weighted by molar-refractivity contribution is 6.35. The fourth-order valence-corrected chi connectivity index (χ4v) is 3.52. The van der Waals surface area contributed by atoms with E-state index in [0.717, 1.165) is 11.1 Å². The van der Waals surface area contributed by atoms with E-state index in [4.69, 9.17) is 11.6 Å². The molecule has 0 bridgehead atoms. The van der Waals surface area contributed by atoms with Crippen LogP contribution in [0.4, 0.5) is 11.4 Å². The normalized spacial score (nSPS) is 12.9. The SMILES string of the molecule is Cc1ccc(C)c(N2C(=O)c3ccc(C(=O)Nc4cccc(Cl)c4)cc3C2=O)c1. The Labute approximate surface area is 172 Å². The first-order chi connectivity index (χ1) is 13.8. The highest BCUT2D eigenvalue weighted by Gasteiger charge is 2.37. The van der Waals surface area contributed by atoms with Crippen LogP contribution in [0.3, 0.4) is 0 Å². The third-order valence-corrected chi connectivity index (χ3v) is 5.07. The number of carbonyl (C=O) groups excluding carboxylic acids is 3. The first-order valence-electron chi connectivity index (χ1n) is 9.02. The van der Waals surface area contributed by atoms with Gasteiger partial charge in [-0.25, -0.2) is 4.90 Å². The van der Waals surface area contributed by atoms with Gasteiger partial charge in [-0.05, 0) is 67.4 Å². The van der Waals surface area contributed by atoms with Crippen LogP contribution < -0.4 is 10.2 Å². The fourth-order valence-electron chi connectivity index (χ4n) is 3.33. The van der Waals surface area contributed by atoms with Crippen LogP contribution in [0, 0.1) is 13.8 Å². The molecule has 3 aromatic carbocycles. The van der Waals surface area contributed by atoms with Crippen LogP contribution in [-0.4, -0.2) is 17.7 Å². The summed E-state index contributed by atoms with van der Waals surface area (Å²) in [6.45, 7) is 3.75. The molecule has 3 aromatic rings. The maximum absolute atomic E-state index is 13.0. The molecule has 1 aliphatic heterocycles. The van der Waals surface area contributed by atoms with Crippen molar-refractivity contribution in [2.24, 2.45) is 0 Å². The van der Waals surface area contributed by atoms with Crippen molar-refractivity contribution in [2.75, 3.05) is 10.2 Å². The molecule has 1 heterocycles. The average Bonchev–Trinajstić information content (AvgIpc) is 2.94. The Hall–Kier alpha value is -3.44. The number of amides is 3. The summed E-state index contributed by atoms with van der Waals surface area (Å²) in [6, 6.07) is 16.9. The molecule has 0 aliphatic carbocycles. The molecule has 0 fully saturated rings. The van der Waals surface area contributed by atoms with Gasteiger partial charge in [0.05, 0.1) is 16.8 Å². The lowest BCUT2D eigenvalue weighted by Gasteiger charge is -2.17. The van der Waals surface area contributed by atoms with E-state index >= 15 is 0 Å². The van der Waals surface area contributed by atoms with Crippen molar-refractivity contribution in [3.8, 4) is 0 Å². The zero-order chi connectivity index (χ0) is 20.7. The number of benzene rings is 3. The van der Waals surface area contributed by atoms with Crippen LogP contribution in [-0.2, 0) is 0 Å². The van der Waals surface area contributed by atoms with Crippen molar-refractivity contribution in [1.29, 1.82) is 0 Å². The number of anilines is 2. The van der Waals surface area contributed by atoms with Gasteiger partial charge in [0.25, 0.3) is 17.7 Å². The first kappa shape index (κ1) is 18.9. The Balaban J connectivity index is 1.66. The Morgan fingerprint density at radius 1 is 0.897 bits per heavy atom. The van der Waals surface area contributed by atoms with Gasteiger partial charge in [0.1, 0.15) is 0 Å². The molecule has 0 aromatic heterocycles. The standard InChI is InChI=1S/C23H17ClN2O3/c1-13-6-7-14(2)20(10-13)26-22(28)18-9-8-15(11-19(18)23(26)29)21(27)25-17-5-3-4-16(24)12-17/h3-12H,1-2H3,(H,25,27). The number of halogens is 1. The van der Waals surface area contributed by atoms with Gasteiger partial charge in [-0.3, -0.25) is 14.4 Å². The van der Waals surface area contributed by atoms with Crippen molar-refractivity contribution < 1.29 is 14.4 Å². The van der Waals surface area contributed by atoms with Crippen LogP contribution in [0.2, 0.25) is 5.02 Å². The second kappa shape index (κ2) is 7.18. The molecule has 1 aliphatic rings. The third-order valence-electron chi connectivity index (χ3n) is 4.84. The Morgan fingerprint density at radius 3 is 2.41 bits per heavy atom. The zero-order valence-corrected chi connectivity index (χ0v) is 16.6. The van der Waals surface area contributed by atoms with E-state index in [1.54, 1.807) is 24.3 Å². The molecule has 0 saturated carbocycles. The maximum atomic E-state index is 13.0. The van der Waals surface area contributed by atoms with Crippen LogP contribution >= 0.6 is 11.6 Å². The lowest BCUT2D eigenvalue weighted by atomic mass is 10.1. The molecule has 0 saturated heterocycles. The Bertz CT molecular complexity index is 1190. The smallest absolute Gasteiger partial charge is 0.266 e. The lowest BCUT2D eigenvalue weighted by molar-refractivity contribution is 0.0925. The molecule has 29 heavy (non-hydrogen) atoms. The number of nitrogens with one attached hydrogen (secondary N) is 1. The topological polar surface area (TPSA) is 66.5 Å². The Kier molecular flexibility index (Phi) is 4.68. The number of nitrogens with zero attached hydrogens (tertiary/aromatic N) is 1. The van der Waals surface area contributed by atoms with Crippen molar-refractivity contribution in [3.05, 3.63) is 93.5 Å². The molecule has 1 N–H and O–H groups in total. The Morgan fingerprint density at radius 2 is 1.66 bits per heavy atom. The summed E-state index contributed by atoms with van der Waals surface area (Å²) in [5, 5.41) is 3.24. The third kappa shape index (κ3) is 3.41. The van der Waals surface area contributed by atoms with Crippen molar-refractivity contribution >= 4 is 40.7 Å². The van der Waals surface area contributed by atoms with Gasteiger partial charge in [-0.1, -0.05) is 29.8 Å². The largest absolute Gasteiger partial charge is 0.322 e. The van der Waals surface area contributed by atoms with E-state index in [9.17, 15) is 14.4 Å². The van der Waals surface area contributed by atoms with Gasteiger partial charge in [0, 0.05) is 16.3 Å². The summed E-state index contributed by atoms with van der Waals surface area (Å²) >= 11 is 5.95. The van der Waals surface area contributed by atoms with Crippen LogP contribution in [0.25, 0.3) is 0 Å². The second-order valence-corrected chi connectivity index (χ2v) is 7.40. The molecule has 6 heteroatoms. The van der Waals surface area contributed by atoms with Crippen molar-refractivity contribution in [1.82, 2.24) is 0 Å². The zero-order valence-electron chi connectivity index (χ0n) is 15.8. The van der Waals surface area contributed by atoms with E-state index in [1.165, 1.54) is 23.1 Å². The van der Waals surface area contributed by atoms with Gasteiger partial charge in [-0.15, -0.1) is 0 Å². The molecular formula is C23H17ClN2O3. The van der Waals surface area contributed by atoms with Crippen LogP contribution in [0.15, 0.2) is 60.7 Å². The molecule has 0 radical (unpaired) electrons. The highest BCUT2D eigenvalue weighted by Crippen LogP contribution is 2.32. The summed E-state index contributed by atoms with van der Waals surface area (Å²) in [5.74, 6) is -1.21. The van der Waals surface area contributed by atoms with Gasteiger partial charge >= 0.3 is 0 Å². The van der Waals surface area contributed by atoms with Gasteiger partial charge < -0.3 is 5.32 Å². The van der Waals surface area contributed by atoms with Gasteiger partial charge in [0.15, 0.2) is 0 Å². The summed E-state index contributed by atoms with van der Waals surface area (Å²) in [5.41, 5.74) is 3.66. The van der Waals surface area contributed by atoms with Crippen molar-refractivity contribution in [3.63, 3.8) is 0 Å². The van der Waals surface area contributed by atoms with Gasteiger partial charge in [0.2, 0.25) is 0 Å². The number of fused-ring (bicyclic) bond motifs is 1. The van der Waals surface area contributed by atoms with E-state index in [0.29, 0.717) is 16.4 Å². The minimum absolute atomic E-state index is 0.217. The first-order valence-corrected chi connectivity index (χ1v) is 9.40. The lowest BCUT2D eigenvalue weighted by Crippen LogP contribution is -2.30. The minimum Gasteiger partial charge on any atom is -0.322 e. The number of hydrogen-bond donors (Lipinski definition) is 1. The maximum Gasteiger partial charge on any atom is 0.266 e. The monoisotopic (exact) mass is 404 g/mol. The molecule has 5 nitrogen and oxygen atoms in total. The van der Waals surface area contributed by atoms with E-state index in [-0.39, 0.29) is 28.5 Å². The summed E-state index contributed by atoms with van der Waals surface area (Å²) < 4.78 is 0. The molecule has 3 amide bonds. The number of imide groups is 1. The highest BCUT2D eigenvalue weighted by atomic mass is 35.5. The summed E-state index contributed by atoms with van der Waals surface area (Å²) in [6.07, 6.45) is 0. The predicted octanol–water partition coefficient (Wildman–Crippen LogP) is 5.01. The van der Waals surface area contributed by atoms with E-state index in [2.05, 4.69) is 5.32 Å². The second-order valence-electron chi connectivity index (χ2n) is 6.96. The van der Waals surface area contributed by atoms with Crippen molar-refractivity contribution in [2.45, 2.75) is 13.8 Å². The fraction of sp³-hybridized carbons (Fsp3) is 0.0870. The molecule has 0 unspecified atom stereocenters. The number of aryl methyl sites for hydroxylation is 2. The summed E-state index contributed by atoms with van der Waals surface area (Å²) in [4.78, 5) is 39.6. The van der Waals surface area contributed by atoms with E-state index in [1.807, 2.05) is 32.0 Å². The average molecular weight is 405 g/mol. The molecular weight excluding hydrogens is 388 g/mol. The molecule has 0 atom stereocenters. The van der Waals surface area contributed by atoms with E-state index < -0.39 is 5.91 Å². The quantitative estimate of drug-likeness (QED) is 0.624. The molecule has 144 valence electrons. The number of rotatable bonds is 3. The minimum atomic E-state index is -0.434. The number of carbonyl (C=O) groups is 3. The predicted molar refractivity (Wildman–Crippen MR) is 113 cm³/mol. The van der Waals surface area contributed by atoms with Crippen LogP contribution in [0.1, 0.15) is 42.2 Å². The molecule has 0 spiro atoms. The van der Waals surface area contributed by atoms with Gasteiger partial charge in [-0.2, -0.15) is 0 Å². The molecule has 4 rings (SSSR count).